The third-order valence-electron chi connectivity index (χ3n) is 8.45. The van der Waals surface area contributed by atoms with Crippen LogP contribution in [-0.4, -0.2) is 48.7 Å². The second-order valence-corrected chi connectivity index (χ2v) is 11.7. The van der Waals surface area contributed by atoms with Crippen molar-refractivity contribution in [1.82, 2.24) is 19.0 Å². The smallest absolute Gasteiger partial charge is 0.333 e. The molecule has 0 fully saturated rings. The Morgan fingerprint density at radius 2 is 1.56 bits per heavy atom. The number of pyridine rings is 1. The molecule has 6 rings (SSSR count). The maximum Gasteiger partial charge on any atom is 0.333 e. The summed E-state index contributed by atoms with van der Waals surface area (Å²) in [5.74, 6) is -0.153. The van der Waals surface area contributed by atoms with Gasteiger partial charge in [0.05, 0.1) is 11.0 Å². The summed E-state index contributed by atoms with van der Waals surface area (Å²) in [6.07, 6.45) is 2.79. The highest BCUT2D eigenvalue weighted by Crippen LogP contribution is 2.31. The number of carboxylic acids is 1. The van der Waals surface area contributed by atoms with E-state index in [1.54, 1.807) is 36.1 Å². The van der Waals surface area contributed by atoms with Crippen LogP contribution in [0.5, 0.6) is 11.8 Å². The topological polar surface area (TPSA) is 98.8 Å². The second kappa shape index (κ2) is 12.5. The zero-order chi connectivity index (χ0) is 31.6. The molecule has 0 amide bonds. The first kappa shape index (κ1) is 29.9. The van der Waals surface area contributed by atoms with Crippen LogP contribution in [0.25, 0.3) is 22.3 Å². The number of ether oxygens (including phenoxy) is 2. The van der Waals surface area contributed by atoms with Crippen molar-refractivity contribution in [3.8, 4) is 17.4 Å². The van der Waals surface area contributed by atoms with Gasteiger partial charge in [0, 0.05) is 26.2 Å². The molecule has 2 aromatic heterocycles. The minimum Gasteiger partial charge on any atom is -0.480 e. The second-order valence-electron chi connectivity index (χ2n) is 11.7. The summed E-state index contributed by atoms with van der Waals surface area (Å²) in [6, 6.07) is 29.2. The maximum absolute atomic E-state index is 13.7. The van der Waals surface area contributed by atoms with Gasteiger partial charge in [0.25, 0.3) is 0 Å². The van der Waals surface area contributed by atoms with Crippen LogP contribution in [0.15, 0.2) is 102 Å². The lowest BCUT2D eigenvalue weighted by Crippen LogP contribution is -2.51. The lowest BCUT2D eigenvalue weighted by atomic mass is 9.95. The van der Waals surface area contributed by atoms with Crippen molar-refractivity contribution in [2.24, 2.45) is 7.05 Å². The molecule has 0 atom stereocenters. The average Bonchev–Trinajstić information content (AvgIpc) is 3.32. The fourth-order valence-electron chi connectivity index (χ4n) is 5.57. The molecule has 3 heterocycles. The summed E-state index contributed by atoms with van der Waals surface area (Å²) in [4.78, 5) is 32.1. The molecule has 3 aromatic carbocycles. The van der Waals surface area contributed by atoms with Crippen molar-refractivity contribution in [3.05, 3.63) is 124 Å². The number of hydrogen-bond acceptors (Lipinski definition) is 6. The Hall–Kier alpha value is -5.15. The van der Waals surface area contributed by atoms with Crippen molar-refractivity contribution in [2.75, 3.05) is 13.1 Å². The van der Waals surface area contributed by atoms with Gasteiger partial charge < -0.3 is 14.6 Å². The number of rotatable bonds is 10. The third-order valence-corrected chi connectivity index (χ3v) is 8.45. The standard InChI is InChI=1S/C36H36N4O5/c1-36(2,34(41)42)39-20-18-27(19-21-39)28-14-15-29-31(22-28)38(3)35(43)40(29)30-16-17-32(44-23-25-10-6-4-7-11-25)37-33(30)45-24-26-12-8-5-9-13-26/h4-18,22H,19-21,23-24H2,1-3H3,(H,41,42). The van der Waals surface area contributed by atoms with Gasteiger partial charge in [-0.25, -0.2) is 4.79 Å². The van der Waals surface area contributed by atoms with Gasteiger partial charge in [0.15, 0.2) is 0 Å². The Labute approximate surface area is 261 Å². The molecular formula is C36H36N4O5. The minimum atomic E-state index is -0.941. The zero-order valence-electron chi connectivity index (χ0n) is 25.6. The van der Waals surface area contributed by atoms with Gasteiger partial charge in [-0.15, -0.1) is 0 Å². The number of imidazole rings is 1. The van der Waals surface area contributed by atoms with Crippen LogP contribution in [-0.2, 0) is 25.1 Å². The molecule has 1 aliphatic rings. The van der Waals surface area contributed by atoms with E-state index in [9.17, 15) is 14.7 Å². The summed E-state index contributed by atoms with van der Waals surface area (Å²) in [5, 5.41) is 9.63. The number of carbonyl (C=O) groups is 1. The van der Waals surface area contributed by atoms with Crippen LogP contribution in [0, 0.1) is 0 Å². The first-order chi connectivity index (χ1) is 21.7. The van der Waals surface area contributed by atoms with Crippen molar-refractivity contribution >= 4 is 22.6 Å². The highest BCUT2D eigenvalue weighted by Gasteiger charge is 2.35. The molecular weight excluding hydrogens is 568 g/mol. The molecule has 5 aromatic rings. The highest BCUT2D eigenvalue weighted by molar-refractivity contribution is 5.84. The normalized spacial score (nSPS) is 13.9. The van der Waals surface area contributed by atoms with Crippen LogP contribution in [0.3, 0.4) is 0 Å². The Bertz CT molecular complexity index is 1930. The lowest BCUT2D eigenvalue weighted by molar-refractivity contribution is -0.149. The Morgan fingerprint density at radius 1 is 0.889 bits per heavy atom. The monoisotopic (exact) mass is 604 g/mol. The van der Waals surface area contributed by atoms with Crippen molar-refractivity contribution in [3.63, 3.8) is 0 Å². The van der Waals surface area contributed by atoms with E-state index in [4.69, 9.17) is 14.5 Å². The Kier molecular flexibility index (Phi) is 8.28. The predicted molar refractivity (Wildman–Crippen MR) is 174 cm³/mol. The number of aliphatic carboxylic acids is 1. The average molecular weight is 605 g/mol. The Balaban J connectivity index is 1.34. The fraction of sp³-hybridized carbons (Fsp3) is 0.250. The molecule has 9 nitrogen and oxygen atoms in total. The molecule has 1 N–H and O–H groups in total. The zero-order valence-corrected chi connectivity index (χ0v) is 25.6. The number of aryl methyl sites for hydroxylation is 1. The number of nitrogens with zero attached hydrogens (tertiary/aromatic N) is 4. The van der Waals surface area contributed by atoms with E-state index in [1.807, 2.05) is 89.8 Å². The first-order valence-corrected chi connectivity index (χ1v) is 15.0. The molecule has 0 unspecified atom stereocenters. The first-order valence-electron chi connectivity index (χ1n) is 15.0. The Morgan fingerprint density at radius 3 is 2.18 bits per heavy atom. The third kappa shape index (κ3) is 6.12. The molecule has 0 radical (unpaired) electrons. The van der Waals surface area contributed by atoms with Gasteiger partial charge in [-0.1, -0.05) is 72.8 Å². The predicted octanol–water partition coefficient (Wildman–Crippen LogP) is 5.83. The summed E-state index contributed by atoms with van der Waals surface area (Å²) < 4.78 is 15.5. The number of fused-ring (bicyclic) bond motifs is 1. The quantitative estimate of drug-likeness (QED) is 0.214. The number of hydrogen-bond donors (Lipinski definition) is 1. The molecule has 0 spiro atoms. The molecule has 45 heavy (non-hydrogen) atoms. The van der Waals surface area contributed by atoms with Crippen LogP contribution in [0.1, 0.15) is 37.0 Å². The molecule has 9 heteroatoms. The van der Waals surface area contributed by atoms with E-state index >= 15 is 0 Å². The molecule has 0 bridgehead atoms. The van der Waals surface area contributed by atoms with Crippen LogP contribution in [0.4, 0.5) is 0 Å². The summed E-state index contributed by atoms with van der Waals surface area (Å²) in [6.45, 7) is 5.26. The largest absolute Gasteiger partial charge is 0.480 e. The lowest BCUT2D eigenvalue weighted by Gasteiger charge is -2.37. The van der Waals surface area contributed by atoms with E-state index in [0.717, 1.165) is 33.3 Å². The minimum absolute atomic E-state index is 0.224. The van der Waals surface area contributed by atoms with Crippen molar-refractivity contribution in [1.29, 1.82) is 0 Å². The van der Waals surface area contributed by atoms with E-state index in [2.05, 4.69) is 6.08 Å². The molecule has 230 valence electrons. The maximum atomic E-state index is 13.7. The van der Waals surface area contributed by atoms with Gasteiger partial charge in [-0.05, 0) is 60.7 Å². The van der Waals surface area contributed by atoms with Gasteiger partial charge in [0.1, 0.15) is 24.4 Å². The molecule has 0 aliphatic carbocycles. The number of aromatic nitrogens is 3. The fourth-order valence-corrected chi connectivity index (χ4v) is 5.57. The molecule has 1 aliphatic heterocycles. The van der Waals surface area contributed by atoms with E-state index in [1.165, 1.54) is 0 Å². The van der Waals surface area contributed by atoms with Gasteiger partial charge >= 0.3 is 11.7 Å². The molecule has 0 saturated heterocycles. The van der Waals surface area contributed by atoms with E-state index in [0.29, 0.717) is 43.6 Å². The van der Waals surface area contributed by atoms with Gasteiger partial charge in [-0.3, -0.25) is 18.8 Å². The molecule has 0 saturated carbocycles. The number of benzene rings is 3. The van der Waals surface area contributed by atoms with Crippen LogP contribution >= 0.6 is 0 Å². The summed E-state index contributed by atoms with van der Waals surface area (Å²) in [5.41, 5.74) is 4.97. The number of carboxylic acid groups (broad SMARTS) is 1. The SMILES string of the molecule is Cn1c(=O)n(-c2ccc(OCc3ccccc3)nc2OCc2ccccc2)c2ccc(C3=CCN(C(C)(C)C(=O)O)CC3)cc21. The van der Waals surface area contributed by atoms with E-state index < -0.39 is 11.5 Å². The van der Waals surface area contributed by atoms with Gasteiger partial charge in [-0.2, -0.15) is 4.98 Å². The summed E-state index contributed by atoms with van der Waals surface area (Å²) >= 11 is 0. The van der Waals surface area contributed by atoms with Crippen molar-refractivity contribution < 1.29 is 19.4 Å². The summed E-state index contributed by atoms with van der Waals surface area (Å²) in [7, 11) is 1.76. The highest BCUT2D eigenvalue weighted by atomic mass is 16.5. The van der Waals surface area contributed by atoms with Gasteiger partial charge in [0.2, 0.25) is 11.8 Å². The van der Waals surface area contributed by atoms with Crippen molar-refractivity contribution in [2.45, 2.75) is 39.0 Å². The van der Waals surface area contributed by atoms with E-state index in [-0.39, 0.29) is 12.3 Å². The van der Waals surface area contributed by atoms with Crippen LogP contribution < -0.4 is 15.2 Å². The van der Waals surface area contributed by atoms with Crippen LogP contribution in [0.2, 0.25) is 0 Å².